The second-order valence-corrected chi connectivity index (χ2v) is 5.88. The quantitative estimate of drug-likeness (QED) is 0.800. The lowest BCUT2D eigenvalue weighted by atomic mass is 10.0. The van der Waals surface area contributed by atoms with Crippen LogP contribution in [0.25, 0.3) is 0 Å². The first-order valence-electron chi connectivity index (χ1n) is 8.34. The third-order valence-electron chi connectivity index (χ3n) is 4.12. The number of hydrogen-bond acceptors (Lipinski definition) is 4. The fourth-order valence-electron chi connectivity index (χ4n) is 2.83. The molecule has 1 atom stereocenters. The van der Waals surface area contributed by atoms with Crippen LogP contribution in [-0.4, -0.2) is 24.2 Å². The van der Waals surface area contributed by atoms with E-state index in [0.29, 0.717) is 16.8 Å². The molecule has 0 radical (unpaired) electrons. The van der Waals surface area contributed by atoms with Gasteiger partial charge in [0.2, 0.25) is 0 Å². The molecule has 0 bridgehead atoms. The lowest BCUT2D eigenvalue weighted by molar-refractivity contribution is -0.138. The number of rotatable bonds is 7. The summed E-state index contributed by atoms with van der Waals surface area (Å²) in [6.45, 7) is 7.85. The van der Waals surface area contributed by atoms with Gasteiger partial charge in [0, 0.05) is 24.5 Å². The normalized spacial score (nSPS) is 11.4. The molecule has 0 aromatic heterocycles. The summed E-state index contributed by atoms with van der Waals surface area (Å²) in [7, 11) is 0. The van der Waals surface area contributed by atoms with Crippen molar-refractivity contribution in [3.05, 3.63) is 59.2 Å². The summed E-state index contributed by atoms with van der Waals surface area (Å²) in [6.07, 6.45) is 0. The third kappa shape index (κ3) is 4.51. The highest BCUT2D eigenvalue weighted by Gasteiger charge is 2.21. The molecule has 0 spiro atoms. The molecule has 0 amide bonds. The van der Waals surface area contributed by atoms with Crippen molar-refractivity contribution in [2.24, 2.45) is 0 Å². The molecule has 130 valence electrons. The van der Waals surface area contributed by atoms with Gasteiger partial charge in [-0.1, -0.05) is 6.07 Å². The van der Waals surface area contributed by atoms with E-state index < -0.39 is 12.0 Å². The Labute approximate surface area is 148 Å². The van der Waals surface area contributed by atoms with Gasteiger partial charge in [0.15, 0.2) is 6.04 Å². The molecule has 2 aromatic rings. The van der Waals surface area contributed by atoms with Gasteiger partial charge < -0.3 is 15.3 Å². The molecule has 1 unspecified atom stereocenters. The second kappa shape index (κ2) is 8.20. The second-order valence-electron chi connectivity index (χ2n) is 5.88. The van der Waals surface area contributed by atoms with Crippen molar-refractivity contribution in [2.45, 2.75) is 26.8 Å². The van der Waals surface area contributed by atoms with Crippen LogP contribution in [0.3, 0.4) is 0 Å². The van der Waals surface area contributed by atoms with Gasteiger partial charge in [-0.05, 0) is 68.3 Å². The molecular formula is C20H23N3O2. The average molecular weight is 337 g/mol. The molecule has 0 aliphatic rings. The summed E-state index contributed by atoms with van der Waals surface area (Å²) in [5, 5.41) is 21.6. The number of nitrogens with one attached hydrogen (secondary N) is 1. The molecular weight excluding hydrogens is 314 g/mol. The predicted molar refractivity (Wildman–Crippen MR) is 99.9 cm³/mol. The lowest BCUT2D eigenvalue weighted by Crippen LogP contribution is -2.24. The van der Waals surface area contributed by atoms with Gasteiger partial charge >= 0.3 is 5.97 Å². The Hall–Kier alpha value is -3.00. The van der Waals surface area contributed by atoms with Crippen LogP contribution in [0.1, 0.15) is 36.6 Å². The van der Waals surface area contributed by atoms with E-state index in [1.54, 1.807) is 24.3 Å². The number of nitriles is 1. The number of carbonyl (C=O) groups is 1. The zero-order chi connectivity index (χ0) is 18.4. The predicted octanol–water partition coefficient (Wildman–Crippen LogP) is 3.95. The van der Waals surface area contributed by atoms with Crippen molar-refractivity contribution >= 4 is 17.3 Å². The highest BCUT2D eigenvalue weighted by atomic mass is 16.4. The van der Waals surface area contributed by atoms with Gasteiger partial charge in [-0.15, -0.1) is 0 Å². The number of benzene rings is 2. The first-order chi connectivity index (χ1) is 12.0. The number of aliphatic carboxylic acids is 1. The third-order valence-corrected chi connectivity index (χ3v) is 4.12. The van der Waals surface area contributed by atoms with Gasteiger partial charge in [-0.3, -0.25) is 0 Å². The minimum Gasteiger partial charge on any atom is -0.479 e. The van der Waals surface area contributed by atoms with E-state index in [4.69, 9.17) is 5.26 Å². The maximum absolute atomic E-state index is 11.8. The minimum absolute atomic E-state index is 0.539. The fraction of sp³-hybridized carbons (Fsp3) is 0.300. The number of carboxylic acid groups (broad SMARTS) is 1. The van der Waals surface area contributed by atoms with Gasteiger partial charge in [-0.2, -0.15) is 5.26 Å². The molecule has 2 aromatic carbocycles. The molecule has 2 N–H and O–H groups in total. The summed E-state index contributed by atoms with van der Waals surface area (Å²) >= 11 is 0. The van der Waals surface area contributed by atoms with Crippen LogP contribution in [0.5, 0.6) is 0 Å². The first kappa shape index (κ1) is 18.3. The fourth-order valence-corrected chi connectivity index (χ4v) is 2.83. The Kier molecular flexibility index (Phi) is 6.02. The molecule has 0 fully saturated rings. The zero-order valence-electron chi connectivity index (χ0n) is 14.8. The van der Waals surface area contributed by atoms with Crippen molar-refractivity contribution < 1.29 is 9.90 Å². The molecule has 5 nitrogen and oxygen atoms in total. The zero-order valence-corrected chi connectivity index (χ0v) is 14.8. The molecule has 0 aliphatic heterocycles. The highest BCUT2D eigenvalue weighted by molar-refractivity contribution is 5.80. The first-order valence-corrected chi connectivity index (χ1v) is 8.34. The van der Waals surface area contributed by atoms with Crippen LogP contribution in [0.2, 0.25) is 0 Å². The van der Waals surface area contributed by atoms with Gasteiger partial charge in [0.1, 0.15) is 0 Å². The molecule has 0 heterocycles. The van der Waals surface area contributed by atoms with E-state index in [1.807, 2.05) is 19.1 Å². The van der Waals surface area contributed by atoms with E-state index in [1.165, 1.54) is 0 Å². The van der Waals surface area contributed by atoms with Gasteiger partial charge in [0.25, 0.3) is 0 Å². The number of hydrogen-bond donors (Lipinski definition) is 2. The Bertz CT molecular complexity index is 775. The van der Waals surface area contributed by atoms with Crippen LogP contribution < -0.4 is 10.2 Å². The molecule has 0 saturated carbocycles. The lowest BCUT2D eigenvalue weighted by Gasteiger charge is -2.24. The molecule has 0 aliphatic carbocycles. The summed E-state index contributed by atoms with van der Waals surface area (Å²) < 4.78 is 0. The number of anilines is 2. The molecule has 5 heteroatoms. The standard InChI is InChI=1S/C20H23N3O2/c1-4-23(5-2)18-11-14(3)10-16(12-18)19(20(24)25)22-17-8-6-15(13-21)7-9-17/h6-12,19,22H,4-5H2,1-3H3,(H,24,25). The van der Waals surface area contributed by atoms with E-state index >= 15 is 0 Å². The molecule has 0 saturated heterocycles. The summed E-state index contributed by atoms with van der Waals surface area (Å²) in [6, 6.07) is 13.8. The highest BCUT2D eigenvalue weighted by Crippen LogP contribution is 2.26. The molecule has 2 rings (SSSR count). The van der Waals surface area contributed by atoms with Crippen LogP contribution in [0, 0.1) is 18.3 Å². The van der Waals surface area contributed by atoms with E-state index in [-0.39, 0.29) is 0 Å². The van der Waals surface area contributed by atoms with Crippen molar-refractivity contribution in [3.8, 4) is 6.07 Å². The van der Waals surface area contributed by atoms with E-state index in [9.17, 15) is 9.90 Å². The monoisotopic (exact) mass is 337 g/mol. The van der Waals surface area contributed by atoms with Gasteiger partial charge in [-0.25, -0.2) is 4.79 Å². The van der Waals surface area contributed by atoms with Crippen LogP contribution in [-0.2, 0) is 4.79 Å². The van der Waals surface area contributed by atoms with Crippen molar-refractivity contribution in [3.63, 3.8) is 0 Å². The Morgan fingerprint density at radius 2 is 1.84 bits per heavy atom. The Balaban J connectivity index is 2.36. The van der Waals surface area contributed by atoms with Crippen molar-refractivity contribution in [1.29, 1.82) is 5.26 Å². The van der Waals surface area contributed by atoms with Crippen LogP contribution in [0.4, 0.5) is 11.4 Å². The maximum Gasteiger partial charge on any atom is 0.330 e. The summed E-state index contributed by atoms with van der Waals surface area (Å²) in [5.74, 6) is -0.944. The smallest absolute Gasteiger partial charge is 0.330 e. The van der Waals surface area contributed by atoms with Crippen LogP contribution >= 0.6 is 0 Å². The summed E-state index contributed by atoms with van der Waals surface area (Å²) in [4.78, 5) is 14.0. The van der Waals surface area contributed by atoms with E-state index in [0.717, 1.165) is 24.3 Å². The maximum atomic E-state index is 11.8. The summed E-state index contributed by atoms with van der Waals surface area (Å²) in [5.41, 5.74) is 3.95. The van der Waals surface area contributed by atoms with E-state index in [2.05, 4.69) is 36.2 Å². The number of nitrogens with zero attached hydrogens (tertiary/aromatic N) is 2. The topological polar surface area (TPSA) is 76.4 Å². The SMILES string of the molecule is CCN(CC)c1cc(C)cc(C(Nc2ccc(C#N)cc2)C(=O)O)c1. The van der Waals surface area contributed by atoms with Crippen LogP contribution in [0.15, 0.2) is 42.5 Å². The Morgan fingerprint density at radius 3 is 2.36 bits per heavy atom. The van der Waals surface area contributed by atoms with Gasteiger partial charge in [0.05, 0.1) is 11.6 Å². The van der Waals surface area contributed by atoms with Crippen molar-refractivity contribution in [1.82, 2.24) is 0 Å². The average Bonchev–Trinajstić information content (AvgIpc) is 2.60. The minimum atomic E-state index is -0.944. The molecule has 25 heavy (non-hydrogen) atoms. The number of aryl methyl sites for hydroxylation is 1. The van der Waals surface area contributed by atoms with Crippen molar-refractivity contribution in [2.75, 3.05) is 23.3 Å². The number of carboxylic acids is 1. The largest absolute Gasteiger partial charge is 0.479 e. The Morgan fingerprint density at radius 1 is 1.20 bits per heavy atom.